The Hall–Kier alpha value is -1.43. The van der Waals surface area contributed by atoms with Crippen LogP contribution in [0.3, 0.4) is 0 Å². The van der Waals surface area contributed by atoms with Gasteiger partial charge in [-0.3, -0.25) is 19.8 Å². The molecule has 5 unspecified atom stereocenters. The van der Waals surface area contributed by atoms with Gasteiger partial charge in [0.2, 0.25) is 11.9 Å². The van der Waals surface area contributed by atoms with Crippen LogP contribution in [0.4, 0.5) is 0 Å². The summed E-state index contributed by atoms with van der Waals surface area (Å²) >= 11 is 0. The topological polar surface area (TPSA) is 75.5 Å². The highest BCUT2D eigenvalue weighted by atomic mass is 16.6. The van der Waals surface area contributed by atoms with Gasteiger partial charge in [-0.15, -0.1) is 0 Å². The third-order valence-electron chi connectivity index (χ3n) is 6.59. The Morgan fingerprint density at radius 3 is 2.71 bits per heavy atom. The molecule has 132 valence electrons. The number of hydrogen-bond donors (Lipinski definition) is 1. The zero-order valence-corrected chi connectivity index (χ0v) is 14.2. The first-order valence-electron chi connectivity index (χ1n) is 9.55. The molecule has 0 spiro atoms. The van der Waals surface area contributed by atoms with Crippen LogP contribution in [0.2, 0.25) is 0 Å². The fourth-order valence-corrected chi connectivity index (χ4v) is 5.37. The molecule has 2 heterocycles. The first kappa shape index (κ1) is 16.1. The predicted octanol–water partition coefficient (Wildman–Crippen LogP) is 2.47. The first-order valence-corrected chi connectivity index (χ1v) is 9.55. The fourth-order valence-electron chi connectivity index (χ4n) is 5.37. The first-order chi connectivity index (χ1) is 11.6. The van der Waals surface area contributed by atoms with E-state index in [-0.39, 0.29) is 28.8 Å². The summed E-state index contributed by atoms with van der Waals surface area (Å²) in [4.78, 5) is 26.2. The molecular formula is C18H27N3O3. The number of amides is 1. The van der Waals surface area contributed by atoms with E-state index in [1.807, 2.05) is 0 Å². The second kappa shape index (κ2) is 6.47. The van der Waals surface area contributed by atoms with Gasteiger partial charge in [-0.1, -0.05) is 25.3 Å². The van der Waals surface area contributed by atoms with Gasteiger partial charge in [0, 0.05) is 29.8 Å². The SMILES string of the molecule is O=C1NC2/C(=C/C3CCCCC3[N+](=O)[O-])CCN2C2CCCCC12. The molecule has 24 heavy (non-hydrogen) atoms. The van der Waals surface area contributed by atoms with Gasteiger partial charge in [0.1, 0.15) is 6.17 Å². The summed E-state index contributed by atoms with van der Waals surface area (Å²) in [5.41, 5.74) is 1.21. The lowest BCUT2D eigenvalue weighted by Gasteiger charge is -2.45. The number of carbonyl (C=O) groups is 1. The van der Waals surface area contributed by atoms with Crippen molar-refractivity contribution in [3.05, 3.63) is 21.8 Å². The van der Waals surface area contributed by atoms with Crippen molar-refractivity contribution in [2.45, 2.75) is 76.0 Å². The van der Waals surface area contributed by atoms with Crippen molar-refractivity contribution in [3.63, 3.8) is 0 Å². The van der Waals surface area contributed by atoms with E-state index in [9.17, 15) is 14.9 Å². The van der Waals surface area contributed by atoms with Gasteiger partial charge in [-0.2, -0.15) is 0 Å². The Kier molecular flexibility index (Phi) is 4.33. The lowest BCUT2D eigenvalue weighted by molar-refractivity contribution is -0.533. The van der Waals surface area contributed by atoms with Gasteiger partial charge in [0.25, 0.3) is 0 Å². The highest BCUT2D eigenvalue weighted by Gasteiger charge is 2.47. The maximum absolute atomic E-state index is 12.5. The summed E-state index contributed by atoms with van der Waals surface area (Å²) in [5, 5.41) is 14.6. The molecule has 0 aromatic rings. The monoisotopic (exact) mass is 333 g/mol. The lowest BCUT2D eigenvalue weighted by Crippen LogP contribution is -2.61. The molecule has 2 saturated heterocycles. The molecule has 2 aliphatic heterocycles. The Morgan fingerprint density at radius 1 is 1.12 bits per heavy atom. The average Bonchev–Trinajstić information content (AvgIpc) is 2.98. The van der Waals surface area contributed by atoms with E-state index >= 15 is 0 Å². The number of hydrogen-bond acceptors (Lipinski definition) is 4. The number of nitrogens with one attached hydrogen (secondary N) is 1. The number of nitrogens with zero attached hydrogens (tertiary/aromatic N) is 2. The molecule has 1 N–H and O–H groups in total. The zero-order valence-electron chi connectivity index (χ0n) is 14.2. The third kappa shape index (κ3) is 2.75. The lowest BCUT2D eigenvalue weighted by atomic mass is 9.80. The summed E-state index contributed by atoms with van der Waals surface area (Å²) in [6.07, 6.45) is 11.2. The van der Waals surface area contributed by atoms with Crippen LogP contribution in [0.15, 0.2) is 11.6 Å². The van der Waals surface area contributed by atoms with E-state index in [2.05, 4.69) is 16.3 Å². The number of nitro groups is 1. The Bertz CT molecular complexity index is 562. The molecule has 1 amide bonds. The van der Waals surface area contributed by atoms with E-state index in [0.29, 0.717) is 12.5 Å². The standard InChI is InChI=1S/C18H27N3O3/c22-18-14-6-2-4-8-16(14)20-10-9-13(17(20)19-18)11-12-5-1-3-7-15(12)21(23)24/h11-12,14-17H,1-10H2,(H,19,22)/b13-11+. The summed E-state index contributed by atoms with van der Waals surface area (Å²) < 4.78 is 0. The van der Waals surface area contributed by atoms with Gasteiger partial charge in [0.15, 0.2) is 0 Å². The smallest absolute Gasteiger partial charge is 0.226 e. The molecule has 4 fully saturated rings. The molecule has 2 aliphatic carbocycles. The van der Waals surface area contributed by atoms with Crippen LogP contribution in [0, 0.1) is 22.0 Å². The van der Waals surface area contributed by atoms with Gasteiger partial charge < -0.3 is 5.32 Å². The molecule has 0 aromatic carbocycles. The molecule has 4 aliphatic rings. The summed E-state index contributed by atoms with van der Waals surface area (Å²) in [5.74, 6) is 0.378. The van der Waals surface area contributed by atoms with Crippen LogP contribution >= 0.6 is 0 Å². The maximum Gasteiger partial charge on any atom is 0.226 e. The van der Waals surface area contributed by atoms with Gasteiger partial charge in [-0.25, -0.2) is 0 Å². The minimum Gasteiger partial charge on any atom is -0.336 e. The molecule has 6 nitrogen and oxygen atoms in total. The van der Waals surface area contributed by atoms with Crippen molar-refractivity contribution in [2.75, 3.05) is 6.54 Å². The van der Waals surface area contributed by atoms with Gasteiger partial charge >= 0.3 is 0 Å². The van der Waals surface area contributed by atoms with E-state index in [0.717, 1.165) is 51.5 Å². The fraction of sp³-hybridized carbons (Fsp3) is 0.833. The summed E-state index contributed by atoms with van der Waals surface area (Å²) in [7, 11) is 0. The minimum absolute atomic E-state index is 0.00817. The van der Waals surface area contributed by atoms with Crippen molar-refractivity contribution >= 4 is 5.91 Å². The van der Waals surface area contributed by atoms with Crippen LogP contribution in [0.25, 0.3) is 0 Å². The van der Waals surface area contributed by atoms with Crippen molar-refractivity contribution in [3.8, 4) is 0 Å². The van der Waals surface area contributed by atoms with Crippen LogP contribution in [-0.2, 0) is 4.79 Å². The molecule has 0 radical (unpaired) electrons. The number of fused-ring (bicyclic) bond motifs is 3. The van der Waals surface area contributed by atoms with Crippen molar-refractivity contribution in [1.82, 2.24) is 10.2 Å². The van der Waals surface area contributed by atoms with E-state index in [1.165, 1.54) is 12.0 Å². The normalized spacial score (nSPS) is 41.6. The molecule has 2 saturated carbocycles. The maximum atomic E-state index is 12.5. The van der Waals surface area contributed by atoms with Gasteiger partial charge in [0.05, 0.1) is 5.92 Å². The number of rotatable bonds is 2. The second-order valence-corrected chi connectivity index (χ2v) is 7.90. The Labute approximate surface area is 142 Å². The summed E-state index contributed by atoms with van der Waals surface area (Å²) in [6, 6.07) is -0.0666. The Morgan fingerprint density at radius 2 is 1.88 bits per heavy atom. The van der Waals surface area contributed by atoms with Crippen LogP contribution in [0.5, 0.6) is 0 Å². The highest BCUT2D eigenvalue weighted by molar-refractivity contribution is 5.81. The second-order valence-electron chi connectivity index (χ2n) is 7.90. The highest BCUT2D eigenvalue weighted by Crippen LogP contribution is 2.39. The molecule has 6 heteroatoms. The van der Waals surface area contributed by atoms with Crippen LogP contribution < -0.4 is 5.32 Å². The van der Waals surface area contributed by atoms with Crippen molar-refractivity contribution in [1.29, 1.82) is 0 Å². The molecule has 5 atom stereocenters. The quantitative estimate of drug-likeness (QED) is 0.478. The molecule has 0 aromatic heterocycles. The van der Waals surface area contributed by atoms with Crippen LogP contribution in [-0.4, -0.2) is 40.5 Å². The third-order valence-corrected chi connectivity index (χ3v) is 6.59. The minimum atomic E-state index is -0.443. The van der Waals surface area contributed by atoms with Crippen molar-refractivity contribution in [2.24, 2.45) is 11.8 Å². The molecule has 4 rings (SSSR count). The predicted molar refractivity (Wildman–Crippen MR) is 89.8 cm³/mol. The Balaban J connectivity index is 1.55. The average molecular weight is 333 g/mol. The largest absolute Gasteiger partial charge is 0.336 e. The zero-order chi connectivity index (χ0) is 16.7. The van der Waals surface area contributed by atoms with E-state index in [1.54, 1.807) is 0 Å². The van der Waals surface area contributed by atoms with Gasteiger partial charge in [-0.05, 0) is 37.7 Å². The van der Waals surface area contributed by atoms with E-state index < -0.39 is 6.04 Å². The molecule has 0 bridgehead atoms. The molecular weight excluding hydrogens is 306 g/mol. The summed E-state index contributed by atoms with van der Waals surface area (Å²) in [6.45, 7) is 0.980. The van der Waals surface area contributed by atoms with Crippen LogP contribution in [0.1, 0.15) is 57.8 Å². The van der Waals surface area contributed by atoms with E-state index in [4.69, 9.17) is 0 Å². The number of carbonyl (C=O) groups excluding carboxylic acids is 1. The van der Waals surface area contributed by atoms with Crippen molar-refractivity contribution < 1.29 is 9.72 Å².